The summed E-state index contributed by atoms with van der Waals surface area (Å²) in [5.74, 6) is 0. The summed E-state index contributed by atoms with van der Waals surface area (Å²) in [7, 11) is 0. The van der Waals surface area contributed by atoms with Crippen molar-refractivity contribution in [3.8, 4) is 11.3 Å². The third-order valence-corrected chi connectivity index (χ3v) is 4.61. The van der Waals surface area contributed by atoms with Crippen molar-refractivity contribution in [2.75, 3.05) is 5.43 Å². The van der Waals surface area contributed by atoms with E-state index in [2.05, 4.69) is 25.5 Å². The molecule has 2 aromatic carbocycles. The van der Waals surface area contributed by atoms with Crippen LogP contribution in [0.2, 0.25) is 5.15 Å². The van der Waals surface area contributed by atoms with E-state index in [1.165, 1.54) is 17.7 Å². The van der Waals surface area contributed by atoms with Crippen molar-refractivity contribution >= 4 is 45.2 Å². The van der Waals surface area contributed by atoms with Gasteiger partial charge in [-0.1, -0.05) is 48.0 Å². The minimum absolute atomic E-state index is 0.431. The molecule has 5 nitrogen and oxygen atoms in total. The van der Waals surface area contributed by atoms with Gasteiger partial charge in [0, 0.05) is 16.3 Å². The fourth-order valence-corrected chi connectivity index (χ4v) is 3.22. The molecule has 0 atom stereocenters. The highest BCUT2D eigenvalue weighted by Gasteiger charge is 2.03. The highest BCUT2D eigenvalue weighted by Crippen LogP contribution is 2.24. The summed E-state index contributed by atoms with van der Waals surface area (Å²) < 4.78 is 0. The van der Waals surface area contributed by atoms with Gasteiger partial charge in [0.15, 0.2) is 0 Å². The number of hydrazone groups is 1. The second-order valence-electron chi connectivity index (χ2n) is 5.21. The van der Waals surface area contributed by atoms with Crippen LogP contribution in [0.5, 0.6) is 0 Å². The van der Waals surface area contributed by atoms with Gasteiger partial charge in [0.1, 0.15) is 11.5 Å². The molecular weight excluding hydrogens is 354 g/mol. The summed E-state index contributed by atoms with van der Waals surface area (Å²) in [4.78, 5) is 12.7. The third kappa shape index (κ3) is 3.50. The van der Waals surface area contributed by atoms with Gasteiger partial charge in [0.05, 0.1) is 17.4 Å². The Morgan fingerprint density at radius 2 is 1.96 bits per heavy atom. The molecule has 0 radical (unpaired) electrons. The van der Waals surface area contributed by atoms with Crippen LogP contribution >= 0.6 is 22.9 Å². The van der Waals surface area contributed by atoms with E-state index in [1.807, 2.05) is 53.9 Å². The molecule has 4 rings (SSSR count). The lowest BCUT2D eigenvalue weighted by Gasteiger charge is -2.00. The fourth-order valence-electron chi connectivity index (χ4n) is 2.35. The number of rotatable bonds is 4. The molecule has 0 aliphatic rings. The largest absolute Gasteiger partial charge is 0.253 e. The van der Waals surface area contributed by atoms with Crippen LogP contribution in [0.3, 0.4) is 0 Å². The Morgan fingerprint density at radius 1 is 1.08 bits per heavy atom. The Labute approximate surface area is 153 Å². The number of thiazole rings is 1. The Hall–Kier alpha value is -2.83. The van der Waals surface area contributed by atoms with E-state index in [0.717, 1.165) is 32.9 Å². The van der Waals surface area contributed by atoms with Crippen LogP contribution in [-0.2, 0) is 0 Å². The van der Waals surface area contributed by atoms with Crippen LogP contribution in [0.15, 0.2) is 65.3 Å². The van der Waals surface area contributed by atoms with Crippen LogP contribution < -0.4 is 5.43 Å². The minimum Gasteiger partial charge on any atom is -0.253 e. The monoisotopic (exact) mass is 365 g/mol. The predicted molar refractivity (Wildman–Crippen MR) is 103 cm³/mol. The zero-order valence-corrected chi connectivity index (χ0v) is 14.5. The van der Waals surface area contributed by atoms with E-state index in [4.69, 9.17) is 11.6 Å². The molecule has 25 heavy (non-hydrogen) atoms. The molecule has 122 valence electrons. The lowest BCUT2D eigenvalue weighted by atomic mass is 10.2. The second kappa shape index (κ2) is 6.96. The number of halogens is 1. The maximum absolute atomic E-state index is 6.10. The first-order valence-electron chi connectivity index (χ1n) is 7.50. The highest BCUT2D eigenvalue weighted by atomic mass is 35.5. The number of hydrogen-bond acceptors (Lipinski definition) is 6. The number of benzene rings is 2. The first kappa shape index (κ1) is 15.7. The molecule has 0 spiro atoms. The van der Waals surface area contributed by atoms with Gasteiger partial charge in [-0.3, -0.25) is 5.43 Å². The third-order valence-electron chi connectivity index (χ3n) is 3.56. The molecule has 0 unspecified atom stereocenters. The maximum Gasteiger partial charge on any atom is 0.203 e. The van der Waals surface area contributed by atoms with Crippen molar-refractivity contribution in [1.29, 1.82) is 0 Å². The van der Waals surface area contributed by atoms with Gasteiger partial charge in [-0.2, -0.15) is 5.10 Å². The van der Waals surface area contributed by atoms with Gasteiger partial charge in [0.25, 0.3) is 0 Å². The maximum atomic E-state index is 6.10. The summed E-state index contributed by atoms with van der Waals surface area (Å²) in [5, 5.41) is 8.21. The molecule has 0 bridgehead atoms. The Bertz CT molecular complexity index is 1050. The van der Waals surface area contributed by atoms with Crippen molar-refractivity contribution in [3.63, 3.8) is 0 Å². The van der Waals surface area contributed by atoms with Gasteiger partial charge in [-0.25, -0.2) is 15.0 Å². The predicted octanol–water partition coefficient (Wildman–Crippen LogP) is 4.85. The SMILES string of the molecule is Clc1ncnc2ccc(C=NNc3nc(-c4ccccc4)cs3)cc12. The molecule has 4 aromatic rings. The lowest BCUT2D eigenvalue weighted by molar-refractivity contribution is 1.22. The highest BCUT2D eigenvalue weighted by molar-refractivity contribution is 7.14. The zero-order valence-electron chi connectivity index (χ0n) is 12.9. The van der Waals surface area contributed by atoms with Crippen molar-refractivity contribution in [3.05, 3.63) is 71.0 Å². The summed E-state index contributed by atoms with van der Waals surface area (Å²) in [5.41, 5.74) is 6.67. The molecule has 0 aliphatic heterocycles. The van der Waals surface area contributed by atoms with Gasteiger partial charge in [-0.15, -0.1) is 11.3 Å². The van der Waals surface area contributed by atoms with Crippen LogP contribution in [0.4, 0.5) is 5.13 Å². The number of anilines is 1. The summed E-state index contributed by atoms with van der Waals surface area (Å²) in [6.07, 6.45) is 3.17. The second-order valence-corrected chi connectivity index (χ2v) is 6.43. The van der Waals surface area contributed by atoms with E-state index in [0.29, 0.717) is 5.15 Å². The number of aromatic nitrogens is 3. The fraction of sp³-hybridized carbons (Fsp3) is 0. The lowest BCUT2D eigenvalue weighted by Crippen LogP contribution is -1.91. The van der Waals surface area contributed by atoms with Crippen molar-refractivity contribution < 1.29 is 0 Å². The van der Waals surface area contributed by atoms with Crippen molar-refractivity contribution in [1.82, 2.24) is 15.0 Å². The van der Waals surface area contributed by atoms with E-state index in [-0.39, 0.29) is 0 Å². The summed E-state index contributed by atoms with van der Waals surface area (Å²) in [6.45, 7) is 0. The standard InChI is InChI=1S/C18H12ClN5S/c19-17-14-8-12(6-7-15(14)20-11-21-17)9-22-24-18-23-16(10-25-18)13-4-2-1-3-5-13/h1-11H,(H,23,24). The molecular formula is C18H12ClN5S. The quantitative estimate of drug-likeness (QED) is 0.319. The number of hydrogen-bond donors (Lipinski definition) is 1. The molecule has 2 heterocycles. The van der Waals surface area contributed by atoms with E-state index in [9.17, 15) is 0 Å². The first-order valence-corrected chi connectivity index (χ1v) is 8.76. The molecule has 2 aromatic heterocycles. The number of nitrogens with zero attached hydrogens (tertiary/aromatic N) is 4. The van der Waals surface area contributed by atoms with E-state index in [1.54, 1.807) is 6.21 Å². The van der Waals surface area contributed by atoms with Crippen LogP contribution in [0, 0.1) is 0 Å². The first-order chi connectivity index (χ1) is 12.3. The average molecular weight is 366 g/mol. The van der Waals surface area contributed by atoms with Crippen LogP contribution in [-0.4, -0.2) is 21.2 Å². The van der Waals surface area contributed by atoms with Gasteiger partial charge >= 0.3 is 0 Å². The van der Waals surface area contributed by atoms with E-state index < -0.39 is 0 Å². The summed E-state index contributed by atoms with van der Waals surface area (Å²) >= 11 is 7.61. The Morgan fingerprint density at radius 3 is 2.84 bits per heavy atom. The van der Waals surface area contributed by atoms with Gasteiger partial charge < -0.3 is 0 Å². The normalized spacial score (nSPS) is 11.2. The van der Waals surface area contributed by atoms with E-state index >= 15 is 0 Å². The molecule has 0 saturated heterocycles. The minimum atomic E-state index is 0.431. The smallest absolute Gasteiger partial charge is 0.203 e. The summed E-state index contributed by atoms with van der Waals surface area (Å²) in [6, 6.07) is 15.8. The average Bonchev–Trinajstić information content (AvgIpc) is 3.12. The number of fused-ring (bicyclic) bond motifs is 1. The topological polar surface area (TPSA) is 63.1 Å². The van der Waals surface area contributed by atoms with Gasteiger partial charge in [0.2, 0.25) is 5.13 Å². The van der Waals surface area contributed by atoms with Crippen molar-refractivity contribution in [2.45, 2.75) is 0 Å². The Balaban J connectivity index is 1.50. The molecule has 0 saturated carbocycles. The molecule has 0 aliphatic carbocycles. The number of nitrogens with one attached hydrogen (secondary N) is 1. The van der Waals surface area contributed by atoms with Gasteiger partial charge in [-0.05, 0) is 17.7 Å². The molecule has 1 N–H and O–H groups in total. The molecule has 0 amide bonds. The molecule has 7 heteroatoms. The zero-order chi connectivity index (χ0) is 17.1. The van der Waals surface area contributed by atoms with Crippen LogP contribution in [0.1, 0.15) is 5.56 Å². The van der Waals surface area contributed by atoms with Crippen LogP contribution in [0.25, 0.3) is 22.2 Å². The van der Waals surface area contributed by atoms with Crippen molar-refractivity contribution in [2.24, 2.45) is 5.10 Å². The Kier molecular flexibility index (Phi) is 4.37. The molecule has 0 fully saturated rings.